The molecule has 1 aliphatic heterocycles. The first-order valence-corrected chi connectivity index (χ1v) is 7.75. The van der Waals surface area contributed by atoms with Crippen LogP contribution < -0.4 is 0 Å². The lowest BCUT2D eigenvalue weighted by Crippen LogP contribution is -2.32. The smallest absolute Gasteiger partial charge is 0.0916 e. The number of aliphatic hydroxyl groups excluding tert-OH is 1. The van der Waals surface area contributed by atoms with Crippen molar-refractivity contribution in [2.75, 3.05) is 39.8 Å². The van der Waals surface area contributed by atoms with Gasteiger partial charge in [0.2, 0.25) is 0 Å². The third-order valence-electron chi connectivity index (χ3n) is 4.23. The van der Waals surface area contributed by atoms with Gasteiger partial charge in [-0.05, 0) is 43.6 Å². The summed E-state index contributed by atoms with van der Waals surface area (Å²) in [7, 11) is 2.17. The van der Waals surface area contributed by atoms with E-state index in [4.69, 9.17) is 0 Å². The Balaban J connectivity index is 1.92. The van der Waals surface area contributed by atoms with Crippen molar-refractivity contribution >= 4 is 0 Å². The lowest BCUT2D eigenvalue weighted by molar-refractivity contribution is 0.115. The molecule has 0 spiro atoms. The van der Waals surface area contributed by atoms with E-state index in [1.807, 2.05) is 0 Å². The number of likely N-dealkylation sites (N-methyl/N-ethyl adjacent to an activating group) is 1. The second kappa shape index (κ2) is 7.21. The minimum Gasteiger partial charge on any atom is -0.387 e. The molecule has 1 unspecified atom stereocenters. The van der Waals surface area contributed by atoms with E-state index < -0.39 is 0 Å². The predicted octanol–water partition coefficient (Wildman–Crippen LogP) is 2.48. The van der Waals surface area contributed by atoms with Crippen molar-refractivity contribution in [1.29, 1.82) is 0 Å². The van der Waals surface area contributed by atoms with Gasteiger partial charge in [-0.15, -0.1) is 0 Å². The van der Waals surface area contributed by atoms with Gasteiger partial charge in [0.15, 0.2) is 0 Å². The summed E-state index contributed by atoms with van der Waals surface area (Å²) in [5, 5.41) is 10.4. The fourth-order valence-electron chi connectivity index (χ4n) is 2.74. The molecule has 0 aliphatic carbocycles. The van der Waals surface area contributed by atoms with Crippen LogP contribution in [0.4, 0.5) is 0 Å². The van der Waals surface area contributed by atoms with Crippen LogP contribution in [0, 0.1) is 0 Å². The second-order valence-corrected chi connectivity index (χ2v) is 6.29. The minimum absolute atomic E-state index is 0.375. The Morgan fingerprint density at radius 1 is 1.00 bits per heavy atom. The van der Waals surface area contributed by atoms with Crippen LogP contribution in [0.5, 0.6) is 0 Å². The van der Waals surface area contributed by atoms with Crippen LogP contribution in [0.2, 0.25) is 0 Å². The van der Waals surface area contributed by atoms with E-state index in [2.05, 4.69) is 55.0 Å². The van der Waals surface area contributed by atoms with Crippen molar-refractivity contribution in [2.45, 2.75) is 32.3 Å². The highest BCUT2D eigenvalue weighted by molar-refractivity contribution is 5.26. The molecule has 0 radical (unpaired) electrons. The molecule has 1 saturated heterocycles. The van der Waals surface area contributed by atoms with Crippen molar-refractivity contribution in [3.63, 3.8) is 0 Å². The first-order valence-electron chi connectivity index (χ1n) is 7.75. The number of hydrogen-bond acceptors (Lipinski definition) is 3. The van der Waals surface area contributed by atoms with Gasteiger partial charge in [0.05, 0.1) is 6.10 Å². The van der Waals surface area contributed by atoms with E-state index in [1.165, 1.54) is 12.0 Å². The number of hydrogen-bond donors (Lipinski definition) is 1. The molecule has 1 aliphatic rings. The first kappa shape index (κ1) is 15.5. The van der Waals surface area contributed by atoms with Crippen molar-refractivity contribution in [1.82, 2.24) is 9.80 Å². The summed E-state index contributed by atoms with van der Waals surface area (Å²) in [5.74, 6) is 0.544. The molecule has 1 aromatic carbocycles. The molecule has 3 heteroatoms. The highest BCUT2D eigenvalue weighted by Gasteiger charge is 2.16. The van der Waals surface area contributed by atoms with Crippen molar-refractivity contribution in [2.24, 2.45) is 0 Å². The molecule has 112 valence electrons. The maximum atomic E-state index is 10.4. The Bertz CT molecular complexity index is 402. The lowest BCUT2D eigenvalue weighted by Gasteiger charge is -2.23. The van der Waals surface area contributed by atoms with E-state index >= 15 is 0 Å². The van der Waals surface area contributed by atoms with Gasteiger partial charge >= 0.3 is 0 Å². The third-order valence-corrected chi connectivity index (χ3v) is 4.23. The highest BCUT2D eigenvalue weighted by atomic mass is 16.3. The van der Waals surface area contributed by atoms with Crippen molar-refractivity contribution in [3.05, 3.63) is 35.4 Å². The van der Waals surface area contributed by atoms with Gasteiger partial charge in [0.1, 0.15) is 0 Å². The third kappa shape index (κ3) is 4.30. The zero-order chi connectivity index (χ0) is 14.5. The molecular weight excluding hydrogens is 248 g/mol. The van der Waals surface area contributed by atoms with Crippen LogP contribution in [0.1, 0.15) is 43.4 Å². The normalized spacial score (nSPS) is 20.1. The van der Waals surface area contributed by atoms with Crippen LogP contribution >= 0.6 is 0 Å². The number of aliphatic hydroxyl groups is 1. The Morgan fingerprint density at radius 2 is 1.65 bits per heavy atom. The topological polar surface area (TPSA) is 26.7 Å². The lowest BCUT2D eigenvalue weighted by atomic mass is 10.00. The molecule has 1 heterocycles. The molecule has 0 amide bonds. The Morgan fingerprint density at radius 3 is 2.30 bits per heavy atom. The molecule has 1 atom stereocenters. The van der Waals surface area contributed by atoms with Crippen LogP contribution in [-0.2, 0) is 0 Å². The molecule has 1 N–H and O–H groups in total. The van der Waals surface area contributed by atoms with Gasteiger partial charge in [-0.2, -0.15) is 0 Å². The van der Waals surface area contributed by atoms with Crippen molar-refractivity contribution < 1.29 is 5.11 Å². The summed E-state index contributed by atoms with van der Waals surface area (Å²) in [4.78, 5) is 4.74. The van der Waals surface area contributed by atoms with E-state index in [1.54, 1.807) is 0 Å². The zero-order valence-electron chi connectivity index (χ0n) is 13.0. The summed E-state index contributed by atoms with van der Waals surface area (Å²) >= 11 is 0. The monoisotopic (exact) mass is 276 g/mol. The predicted molar refractivity (Wildman–Crippen MR) is 84.0 cm³/mol. The van der Waals surface area contributed by atoms with Crippen LogP contribution in [0.3, 0.4) is 0 Å². The van der Waals surface area contributed by atoms with Crippen LogP contribution in [0.15, 0.2) is 24.3 Å². The van der Waals surface area contributed by atoms with E-state index in [0.717, 1.165) is 38.3 Å². The Labute approximate surface area is 123 Å². The van der Waals surface area contributed by atoms with E-state index in [0.29, 0.717) is 5.92 Å². The number of β-amino-alcohol motifs (C(OH)–C–C–N with tert-alkyl or cyclic N) is 1. The van der Waals surface area contributed by atoms with Crippen molar-refractivity contribution in [3.8, 4) is 0 Å². The molecule has 0 saturated carbocycles. The summed E-state index contributed by atoms with van der Waals surface area (Å²) in [6, 6.07) is 8.42. The highest BCUT2D eigenvalue weighted by Crippen LogP contribution is 2.19. The maximum absolute atomic E-state index is 10.4. The largest absolute Gasteiger partial charge is 0.387 e. The van der Waals surface area contributed by atoms with Crippen LogP contribution in [0.25, 0.3) is 0 Å². The average Bonchev–Trinajstić information content (AvgIpc) is 2.64. The summed E-state index contributed by atoms with van der Waals surface area (Å²) < 4.78 is 0. The molecule has 1 fully saturated rings. The molecule has 3 nitrogen and oxygen atoms in total. The molecular formula is C17H28N2O. The van der Waals surface area contributed by atoms with Gasteiger partial charge in [-0.3, -0.25) is 4.90 Å². The SMILES string of the molecule is CC(C)c1ccc(C(O)CN2CCCN(C)CC2)cc1. The molecule has 20 heavy (non-hydrogen) atoms. The maximum Gasteiger partial charge on any atom is 0.0916 e. The quantitative estimate of drug-likeness (QED) is 0.915. The standard InChI is InChI=1S/C17H28N2O/c1-14(2)15-5-7-16(8-6-15)17(20)13-19-10-4-9-18(3)11-12-19/h5-8,14,17,20H,4,9-13H2,1-3H3. The van der Waals surface area contributed by atoms with Crippen LogP contribution in [-0.4, -0.2) is 54.7 Å². The average molecular weight is 276 g/mol. The molecule has 2 rings (SSSR count). The zero-order valence-corrected chi connectivity index (χ0v) is 13.0. The fraction of sp³-hybridized carbons (Fsp3) is 0.647. The molecule has 0 aromatic heterocycles. The summed E-state index contributed by atoms with van der Waals surface area (Å²) in [6.07, 6.45) is 0.815. The molecule has 1 aromatic rings. The van der Waals surface area contributed by atoms with Gasteiger partial charge in [-0.25, -0.2) is 0 Å². The summed E-state index contributed by atoms with van der Waals surface area (Å²) in [6.45, 7) is 9.53. The number of benzene rings is 1. The van der Waals surface area contributed by atoms with E-state index in [9.17, 15) is 5.11 Å². The second-order valence-electron chi connectivity index (χ2n) is 6.29. The first-order chi connectivity index (χ1) is 9.56. The van der Waals surface area contributed by atoms with E-state index in [-0.39, 0.29) is 6.10 Å². The number of nitrogens with zero attached hydrogens (tertiary/aromatic N) is 2. The van der Waals surface area contributed by atoms with Gasteiger partial charge in [0.25, 0.3) is 0 Å². The van der Waals surface area contributed by atoms with Gasteiger partial charge in [0, 0.05) is 19.6 Å². The molecule has 0 bridgehead atoms. The Hall–Kier alpha value is -0.900. The van der Waals surface area contributed by atoms with Gasteiger partial charge < -0.3 is 10.0 Å². The summed E-state index contributed by atoms with van der Waals surface area (Å²) in [5.41, 5.74) is 2.37. The number of rotatable bonds is 4. The minimum atomic E-state index is -0.375. The van der Waals surface area contributed by atoms with Gasteiger partial charge in [-0.1, -0.05) is 38.1 Å². The Kier molecular flexibility index (Phi) is 5.58. The fourth-order valence-corrected chi connectivity index (χ4v) is 2.74.